The molecule has 0 spiro atoms. The van der Waals surface area contributed by atoms with Crippen LogP contribution in [0.1, 0.15) is 31.2 Å². The van der Waals surface area contributed by atoms with Crippen LogP contribution in [0.25, 0.3) is 0 Å². The molecule has 3 atom stereocenters. The van der Waals surface area contributed by atoms with Crippen molar-refractivity contribution in [1.82, 2.24) is 0 Å². The maximum atomic E-state index is 12.1. The van der Waals surface area contributed by atoms with E-state index in [9.17, 15) is 8.42 Å². The highest BCUT2D eigenvalue weighted by atomic mass is 32.2. The highest BCUT2D eigenvalue weighted by Gasteiger charge is 2.40. The van der Waals surface area contributed by atoms with Crippen LogP contribution in [-0.4, -0.2) is 15.0 Å². The first-order valence-electron chi connectivity index (χ1n) is 7.01. The fourth-order valence-corrected chi connectivity index (χ4v) is 4.49. The molecule has 2 aliphatic carbocycles. The third-order valence-electron chi connectivity index (χ3n) is 4.63. The lowest BCUT2D eigenvalue weighted by molar-refractivity contribution is 0.200. The molecule has 0 aliphatic heterocycles. The molecule has 19 heavy (non-hydrogen) atoms. The smallest absolute Gasteiger partial charge is 0.266 e. The van der Waals surface area contributed by atoms with E-state index < -0.39 is 10.1 Å². The summed E-state index contributed by atoms with van der Waals surface area (Å²) in [6.45, 7) is 2.30. The first-order chi connectivity index (χ1) is 9.04. The van der Waals surface area contributed by atoms with Crippen molar-refractivity contribution in [2.75, 3.05) is 6.61 Å². The molecule has 0 heterocycles. The molecular formula is C15H20O3S. The second kappa shape index (κ2) is 4.91. The number of benzene rings is 1. The van der Waals surface area contributed by atoms with Crippen molar-refractivity contribution in [1.29, 1.82) is 0 Å². The van der Waals surface area contributed by atoms with Gasteiger partial charge in [-0.15, -0.1) is 0 Å². The van der Waals surface area contributed by atoms with Gasteiger partial charge in [0.1, 0.15) is 0 Å². The Morgan fingerprint density at radius 3 is 2.47 bits per heavy atom. The van der Waals surface area contributed by atoms with Gasteiger partial charge >= 0.3 is 0 Å². The molecule has 2 fully saturated rings. The Morgan fingerprint density at radius 1 is 1.16 bits per heavy atom. The molecule has 2 saturated carbocycles. The SMILES string of the molecule is Cc1ccc(S(=O)(=O)OC[C@H]2CC3CC[C@@H]2C3)cc1. The molecule has 3 rings (SSSR count). The summed E-state index contributed by atoms with van der Waals surface area (Å²) in [5, 5.41) is 0. The Labute approximate surface area is 115 Å². The Hall–Kier alpha value is -0.870. The number of hydrogen-bond acceptors (Lipinski definition) is 3. The van der Waals surface area contributed by atoms with Crippen molar-refractivity contribution in [3.8, 4) is 0 Å². The minimum absolute atomic E-state index is 0.265. The number of fused-ring (bicyclic) bond motifs is 2. The van der Waals surface area contributed by atoms with Gasteiger partial charge in [-0.1, -0.05) is 24.1 Å². The zero-order valence-corrected chi connectivity index (χ0v) is 12.0. The minimum Gasteiger partial charge on any atom is -0.266 e. The monoisotopic (exact) mass is 280 g/mol. The van der Waals surface area contributed by atoms with E-state index in [4.69, 9.17) is 4.18 Å². The molecule has 0 N–H and O–H groups in total. The van der Waals surface area contributed by atoms with Crippen LogP contribution < -0.4 is 0 Å². The topological polar surface area (TPSA) is 43.4 Å². The first-order valence-corrected chi connectivity index (χ1v) is 8.41. The van der Waals surface area contributed by atoms with Crippen molar-refractivity contribution in [2.45, 2.75) is 37.5 Å². The summed E-state index contributed by atoms with van der Waals surface area (Å²) in [7, 11) is -3.58. The number of aryl methyl sites for hydroxylation is 1. The molecule has 1 aromatic carbocycles. The van der Waals surface area contributed by atoms with Gasteiger partial charge in [0.25, 0.3) is 10.1 Å². The van der Waals surface area contributed by atoms with Gasteiger partial charge in [-0.2, -0.15) is 8.42 Å². The van der Waals surface area contributed by atoms with Crippen molar-refractivity contribution in [3.05, 3.63) is 29.8 Å². The second-order valence-corrected chi connectivity index (χ2v) is 7.60. The Morgan fingerprint density at radius 2 is 1.89 bits per heavy atom. The Kier molecular flexibility index (Phi) is 3.39. The average molecular weight is 280 g/mol. The van der Waals surface area contributed by atoms with Gasteiger partial charge in [-0.25, -0.2) is 0 Å². The summed E-state index contributed by atoms with van der Waals surface area (Å²) >= 11 is 0. The Bertz CT molecular complexity index is 547. The molecule has 1 aromatic rings. The maximum absolute atomic E-state index is 12.1. The number of rotatable bonds is 4. The lowest BCUT2D eigenvalue weighted by atomic mass is 9.90. The zero-order valence-electron chi connectivity index (χ0n) is 11.2. The standard InChI is InChI=1S/C15H20O3S/c1-11-2-6-15(7-3-11)19(16,17)18-10-14-9-12-4-5-13(14)8-12/h2-3,6-7,12-14H,4-5,8-10H2,1H3/t12?,13-,14-/m1/s1. The summed E-state index contributed by atoms with van der Waals surface area (Å²) in [6.07, 6.45) is 5.00. The normalized spacial score (nSPS) is 29.8. The van der Waals surface area contributed by atoms with Gasteiger partial charge in [-0.05, 0) is 56.1 Å². The third kappa shape index (κ3) is 2.70. The predicted molar refractivity (Wildman–Crippen MR) is 73.3 cm³/mol. The van der Waals surface area contributed by atoms with Gasteiger partial charge < -0.3 is 0 Å². The summed E-state index contributed by atoms with van der Waals surface area (Å²) in [5.41, 5.74) is 1.05. The average Bonchev–Trinajstić information content (AvgIpc) is 2.99. The summed E-state index contributed by atoms with van der Waals surface area (Å²) in [4.78, 5) is 0.265. The third-order valence-corrected chi connectivity index (χ3v) is 5.93. The van der Waals surface area contributed by atoms with E-state index in [0.717, 1.165) is 17.9 Å². The van der Waals surface area contributed by atoms with Crippen LogP contribution >= 0.6 is 0 Å². The van der Waals surface area contributed by atoms with E-state index in [0.29, 0.717) is 18.4 Å². The lowest BCUT2D eigenvalue weighted by Crippen LogP contribution is -2.19. The van der Waals surface area contributed by atoms with Crippen LogP contribution in [0, 0.1) is 24.7 Å². The van der Waals surface area contributed by atoms with Crippen molar-refractivity contribution in [2.24, 2.45) is 17.8 Å². The highest BCUT2D eigenvalue weighted by Crippen LogP contribution is 2.48. The molecule has 0 radical (unpaired) electrons. The van der Waals surface area contributed by atoms with Gasteiger partial charge in [0.2, 0.25) is 0 Å². The van der Waals surface area contributed by atoms with E-state index in [-0.39, 0.29) is 4.90 Å². The molecule has 0 amide bonds. The maximum Gasteiger partial charge on any atom is 0.296 e. The summed E-state index contributed by atoms with van der Waals surface area (Å²) < 4.78 is 29.4. The van der Waals surface area contributed by atoms with E-state index in [1.165, 1.54) is 19.3 Å². The highest BCUT2D eigenvalue weighted by molar-refractivity contribution is 7.86. The molecule has 104 valence electrons. The molecule has 1 unspecified atom stereocenters. The van der Waals surface area contributed by atoms with Crippen molar-refractivity contribution >= 4 is 10.1 Å². The van der Waals surface area contributed by atoms with Gasteiger partial charge in [0.05, 0.1) is 11.5 Å². The lowest BCUT2D eigenvalue weighted by Gasteiger charge is -2.21. The fourth-order valence-electron chi connectivity index (χ4n) is 3.53. The van der Waals surface area contributed by atoms with Gasteiger partial charge in [0.15, 0.2) is 0 Å². The number of hydrogen-bond donors (Lipinski definition) is 0. The van der Waals surface area contributed by atoms with E-state index in [1.54, 1.807) is 24.3 Å². The first kappa shape index (κ1) is 13.1. The molecule has 0 aromatic heterocycles. The quantitative estimate of drug-likeness (QED) is 0.796. The van der Waals surface area contributed by atoms with Crippen LogP contribution in [0.5, 0.6) is 0 Å². The van der Waals surface area contributed by atoms with Crippen molar-refractivity contribution in [3.63, 3.8) is 0 Å². The molecule has 2 bridgehead atoms. The minimum atomic E-state index is -3.58. The van der Waals surface area contributed by atoms with Crippen LogP contribution in [0.4, 0.5) is 0 Å². The van der Waals surface area contributed by atoms with Crippen LogP contribution in [0.2, 0.25) is 0 Å². The molecule has 0 saturated heterocycles. The van der Waals surface area contributed by atoms with E-state index in [2.05, 4.69) is 0 Å². The largest absolute Gasteiger partial charge is 0.296 e. The summed E-state index contributed by atoms with van der Waals surface area (Å²) in [6, 6.07) is 6.83. The molecule has 3 nitrogen and oxygen atoms in total. The van der Waals surface area contributed by atoms with Crippen molar-refractivity contribution < 1.29 is 12.6 Å². The molecule has 4 heteroatoms. The predicted octanol–water partition coefficient (Wildman–Crippen LogP) is 3.14. The Balaban J connectivity index is 1.64. The van der Waals surface area contributed by atoms with E-state index >= 15 is 0 Å². The van der Waals surface area contributed by atoms with Crippen LogP contribution in [-0.2, 0) is 14.3 Å². The van der Waals surface area contributed by atoms with Gasteiger partial charge in [0, 0.05) is 0 Å². The molecular weight excluding hydrogens is 260 g/mol. The second-order valence-electron chi connectivity index (χ2n) is 5.99. The van der Waals surface area contributed by atoms with Gasteiger partial charge in [-0.3, -0.25) is 4.18 Å². The van der Waals surface area contributed by atoms with E-state index in [1.807, 2.05) is 6.92 Å². The zero-order chi connectivity index (χ0) is 13.5. The van der Waals surface area contributed by atoms with Crippen LogP contribution in [0.15, 0.2) is 29.2 Å². The fraction of sp³-hybridized carbons (Fsp3) is 0.600. The molecule has 2 aliphatic rings. The summed E-state index contributed by atoms with van der Waals surface area (Å²) in [5.74, 6) is 1.96. The van der Waals surface area contributed by atoms with Crippen LogP contribution in [0.3, 0.4) is 0 Å².